The van der Waals surface area contributed by atoms with Gasteiger partial charge in [0.1, 0.15) is 24.6 Å². The third-order valence-electron chi connectivity index (χ3n) is 6.10. The van der Waals surface area contributed by atoms with E-state index in [4.69, 9.17) is 4.74 Å². The van der Waals surface area contributed by atoms with E-state index in [1.54, 1.807) is 30.3 Å². The molecule has 4 amide bonds. The monoisotopic (exact) mass is 569 g/mol. The molecule has 1 fully saturated rings. The summed E-state index contributed by atoms with van der Waals surface area (Å²) in [5.74, 6) is -0.381. The number of rotatable bonds is 7. The van der Waals surface area contributed by atoms with Gasteiger partial charge in [-0.25, -0.2) is 9.69 Å². The lowest BCUT2D eigenvalue weighted by Crippen LogP contribution is -2.38. The second-order valence-electron chi connectivity index (χ2n) is 8.91. The lowest BCUT2D eigenvalue weighted by Gasteiger charge is -2.12. The topological polar surface area (TPSA) is 87.7 Å². The van der Waals surface area contributed by atoms with Crippen LogP contribution in [0.15, 0.2) is 95.1 Å². The maximum absolute atomic E-state index is 12.8. The smallest absolute Gasteiger partial charge is 0.329 e. The van der Waals surface area contributed by atoms with E-state index in [9.17, 15) is 14.4 Å². The first-order valence-corrected chi connectivity index (χ1v) is 12.8. The molecule has 7 nitrogen and oxygen atoms in total. The summed E-state index contributed by atoms with van der Waals surface area (Å²) in [6.07, 6.45) is 1.57. The molecule has 0 aromatic heterocycles. The van der Waals surface area contributed by atoms with E-state index in [0.29, 0.717) is 28.1 Å². The number of nitrogens with zero attached hydrogens (tertiary/aromatic N) is 1. The molecular formula is C30H24BrN3O4. The summed E-state index contributed by atoms with van der Waals surface area (Å²) in [6, 6.07) is 26.3. The van der Waals surface area contributed by atoms with Crippen molar-refractivity contribution in [1.82, 2.24) is 10.2 Å². The molecule has 0 radical (unpaired) electrons. The quantitative estimate of drug-likeness (QED) is 0.210. The van der Waals surface area contributed by atoms with Crippen LogP contribution in [0.3, 0.4) is 0 Å². The number of halogens is 1. The number of nitrogens with one attached hydrogen (secondary N) is 2. The minimum absolute atomic E-state index is 0.0923. The second kappa shape index (κ2) is 10.9. The van der Waals surface area contributed by atoms with E-state index in [0.717, 1.165) is 26.8 Å². The Labute approximate surface area is 228 Å². The predicted octanol–water partition coefficient (Wildman–Crippen LogP) is 6.02. The summed E-state index contributed by atoms with van der Waals surface area (Å²) in [5.41, 5.74) is 3.44. The molecule has 1 heterocycles. The zero-order valence-electron chi connectivity index (χ0n) is 20.5. The number of aryl methyl sites for hydroxylation is 1. The van der Waals surface area contributed by atoms with Gasteiger partial charge in [0.25, 0.3) is 5.91 Å². The number of hydrogen-bond acceptors (Lipinski definition) is 4. The molecule has 4 aromatic carbocycles. The van der Waals surface area contributed by atoms with Crippen molar-refractivity contribution in [2.75, 3.05) is 11.9 Å². The number of carbonyl (C=O) groups excluding carboxylic acids is 3. The average molecular weight is 570 g/mol. The van der Waals surface area contributed by atoms with Crippen LogP contribution in [0.25, 0.3) is 16.8 Å². The largest absolute Gasteiger partial charge is 0.488 e. The fourth-order valence-corrected chi connectivity index (χ4v) is 4.76. The van der Waals surface area contributed by atoms with Crippen LogP contribution in [0.1, 0.15) is 16.7 Å². The number of fused-ring (bicyclic) bond motifs is 1. The molecule has 4 aromatic rings. The van der Waals surface area contributed by atoms with Gasteiger partial charge >= 0.3 is 6.03 Å². The highest BCUT2D eigenvalue weighted by Crippen LogP contribution is 2.29. The van der Waals surface area contributed by atoms with Crippen LogP contribution >= 0.6 is 15.9 Å². The van der Waals surface area contributed by atoms with Crippen LogP contribution in [-0.2, 0) is 16.2 Å². The molecule has 0 spiro atoms. The van der Waals surface area contributed by atoms with Gasteiger partial charge in [0.2, 0.25) is 5.91 Å². The zero-order valence-corrected chi connectivity index (χ0v) is 22.1. The van der Waals surface area contributed by atoms with E-state index in [1.807, 2.05) is 49.4 Å². The molecule has 0 atom stereocenters. The number of imide groups is 1. The first-order valence-electron chi connectivity index (χ1n) is 12.0. The molecule has 1 aliphatic heterocycles. The van der Waals surface area contributed by atoms with Crippen molar-refractivity contribution in [2.24, 2.45) is 0 Å². The van der Waals surface area contributed by atoms with Gasteiger partial charge in [-0.1, -0.05) is 60.7 Å². The van der Waals surface area contributed by atoms with Crippen molar-refractivity contribution in [2.45, 2.75) is 13.5 Å². The molecule has 0 unspecified atom stereocenters. The fourth-order valence-electron chi connectivity index (χ4n) is 4.25. The van der Waals surface area contributed by atoms with Gasteiger partial charge in [0.05, 0.1) is 4.47 Å². The van der Waals surface area contributed by atoms with E-state index in [2.05, 4.69) is 44.8 Å². The van der Waals surface area contributed by atoms with Crippen LogP contribution in [0.5, 0.6) is 5.75 Å². The Balaban J connectivity index is 1.24. The van der Waals surface area contributed by atoms with Crippen molar-refractivity contribution in [3.05, 3.63) is 112 Å². The third kappa shape index (κ3) is 5.60. The maximum atomic E-state index is 12.8. The van der Waals surface area contributed by atoms with Gasteiger partial charge < -0.3 is 15.4 Å². The van der Waals surface area contributed by atoms with Crippen molar-refractivity contribution in [1.29, 1.82) is 0 Å². The molecule has 1 aliphatic rings. The van der Waals surface area contributed by atoms with E-state index in [-0.39, 0.29) is 12.2 Å². The SMILES string of the molecule is Cc1cccc(NC(=O)CN2C(=O)N/C(=C/c3ccc(OCc4cccc5ccccc45)c(Br)c3)C2=O)c1. The van der Waals surface area contributed by atoms with E-state index < -0.39 is 17.8 Å². The van der Waals surface area contributed by atoms with Crippen LogP contribution in [0.2, 0.25) is 0 Å². The molecule has 38 heavy (non-hydrogen) atoms. The normalized spacial score (nSPS) is 14.2. The molecule has 0 aliphatic carbocycles. The Morgan fingerprint density at radius 2 is 1.79 bits per heavy atom. The standard InChI is InChI=1S/C30H24BrN3O4/c1-19-6-4-10-23(14-19)32-28(35)17-34-29(36)26(33-30(34)37)16-20-12-13-27(25(31)15-20)38-18-22-9-5-8-21-7-2-3-11-24(21)22/h2-16H,17-18H2,1H3,(H,32,35)(H,33,37)/b26-16+. The lowest BCUT2D eigenvalue weighted by molar-refractivity contribution is -0.127. The zero-order chi connectivity index (χ0) is 26.6. The fraction of sp³-hybridized carbons (Fsp3) is 0.100. The summed E-state index contributed by atoms with van der Waals surface area (Å²) < 4.78 is 6.76. The van der Waals surface area contributed by atoms with Crippen molar-refractivity contribution in [3.8, 4) is 5.75 Å². The van der Waals surface area contributed by atoms with Gasteiger partial charge in [-0.05, 0) is 80.7 Å². The Kier molecular flexibility index (Phi) is 7.24. The highest BCUT2D eigenvalue weighted by atomic mass is 79.9. The summed E-state index contributed by atoms with van der Waals surface area (Å²) >= 11 is 3.54. The van der Waals surface area contributed by atoms with Crippen molar-refractivity contribution >= 4 is 56.3 Å². The molecule has 2 N–H and O–H groups in total. The molecule has 190 valence electrons. The first kappa shape index (κ1) is 25.2. The Hall–Kier alpha value is -4.43. The third-order valence-corrected chi connectivity index (χ3v) is 6.72. The van der Waals surface area contributed by atoms with Gasteiger partial charge in [-0.15, -0.1) is 0 Å². The molecular weight excluding hydrogens is 546 g/mol. The Morgan fingerprint density at radius 3 is 2.61 bits per heavy atom. The molecule has 8 heteroatoms. The van der Waals surface area contributed by atoms with Gasteiger partial charge in [-0.3, -0.25) is 9.59 Å². The minimum atomic E-state index is -0.644. The number of benzene rings is 4. The van der Waals surface area contributed by atoms with Crippen LogP contribution in [-0.4, -0.2) is 29.3 Å². The molecule has 1 saturated heterocycles. The second-order valence-corrected chi connectivity index (χ2v) is 9.77. The van der Waals surface area contributed by atoms with Gasteiger partial charge in [0, 0.05) is 5.69 Å². The summed E-state index contributed by atoms with van der Waals surface area (Å²) in [7, 11) is 0. The van der Waals surface area contributed by atoms with Crippen molar-refractivity contribution in [3.63, 3.8) is 0 Å². The Bertz CT molecular complexity index is 1590. The van der Waals surface area contributed by atoms with Crippen molar-refractivity contribution < 1.29 is 19.1 Å². The number of amides is 4. The number of urea groups is 1. The van der Waals surface area contributed by atoms with Crippen LogP contribution in [0.4, 0.5) is 10.5 Å². The summed E-state index contributed by atoms with van der Waals surface area (Å²) in [4.78, 5) is 38.6. The highest BCUT2D eigenvalue weighted by Gasteiger charge is 2.35. The Morgan fingerprint density at radius 1 is 1.00 bits per heavy atom. The number of ether oxygens (including phenoxy) is 1. The molecule has 0 saturated carbocycles. The minimum Gasteiger partial charge on any atom is -0.488 e. The number of hydrogen-bond donors (Lipinski definition) is 2. The molecule has 0 bridgehead atoms. The first-order chi connectivity index (χ1) is 18.4. The number of carbonyl (C=O) groups is 3. The predicted molar refractivity (Wildman–Crippen MR) is 150 cm³/mol. The lowest BCUT2D eigenvalue weighted by atomic mass is 10.1. The molecule has 5 rings (SSSR count). The average Bonchev–Trinajstić information content (AvgIpc) is 3.15. The van der Waals surface area contributed by atoms with Gasteiger partial charge in [-0.2, -0.15) is 0 Å². The van der Waals surface area contributed by atoms with E-state index in [1.165, 1.54) is 0 Å². The van der Waals surface area contributed by atoms with Crippen LogP contribution in [0, 0.1) is 6.92 Å². The highest BCUT2D eigenvalue weighted by molar-refractivity contribution is 9.10. The maximum Gasteiger partial charge on any atom is 0.329 e. The summed E-state index contributed by atoms with van der Waals surface area (Å²) in [5, 5.41) is 7.55. The number of anilines is 1. The van der Waals surface area contributed by atoms with Crippen LogP contribution < -0.4 is 15.4 Å². The van der Waals surface area contributed by atoms with E-state index >= 15 is 0 Å². The summed E-state index contributed by atoms with van der Waals surface area (Å²) in [6.45, 7) is 1.92. The van der Waals surface area contributed by atoms with Gasteiger partial charge in [0.15, 0.2) is 0 Å².